The minimum Gasteiger partial charge on any atom is -0.504 e. The van der Waals surface area contributed by atoms with Crippen LogP contribution in [0.25, 0.3) is 28.0 Å². The molecule has 2 aromatic heterocycles. The van der Waals surface area contributed by atoms with Gasteiger partial charge in [0.1, 0.15) is 17.5 Å². The molecule has 1 saturated heterocycles. The van der Waals surface area contributed by atoms with Crippen LogP contribution in [-0.4, -0.2) is 63.4 Å². The van der Waals surface area contributed by atoms with Crippen molar-refractivity contribution in [3.05, 3.63) is 60.2 Å². The number of aromatic hydroxyl groups is 1. The number of nitriles is 1. The molecule has 0 saturated carbocycles. The Morgan fingerprint density at radius 2 is 1.89 bits per heavy atom. The third kappa shape index (κ3) is 7.62. The molecule has 45 heavy (non-hydrogen) atoms. The summed E-state index contributed by atoms with van der Waals surface area (Å²) in [6, 6.07) is 11.7. The van der Waals surface area contributed by atoms with E-state index >= 15 is 0 Å². The van der Waals surface area contributed by atoms with Gasteiger partial charge >= 0.3 is 0 Å². The zero-order valence-corrected chi connectivity index (χ0v) is 25.8. The summed E-state index contributed by atoms with van der Waals surface area (Å²) in [7, 11) is 1.48. The predicted molar refractivity (Wildman–Crippen MR) is 170 cm³/mol. The number of benzene rings is 2. The number of carbonyl (C=O) groups is 1. The van der Waals surface area contributed by atoms with Gasteiger partial charge in [0.25, 0.3) is 0 Å². The molecule has 1 fully saturated rings. The molecule has 0 aliphatic carbocycles. The number of hydrogen-bond acceptors (Lipinski definition) is 9. The molecule has 1 aliphatic rings. The van der Waals surface area contributed by atoms with Crippen molar-refractivity contribution < 1.29 is 24.2 Å². The van der Waals surface area contributed by atoms with E-state index < -0.39 is 5.82 Å². The second-order valence-corrected chi connectivity index (χ2v) is 10.9. The molecule has 0 unspecified atom stereocenters. The molecular formula is C32H37ClFN7O4. The Bertz CT molecular complexity index is 1670. The van der Waals surface area contributed by atoms with Gasteiger partial charge in [0.15, 0.2) is 11.5 Å². The Hall–Kier alpha value is -4.44. The number of piperidine rings is 1. The number of aromatic nitrogens is 3. The van der Waals surface area contributed by atoms with Crippen LogP contribution in [-0.2, 0) is 4.79 Å². The number of halogens is 2. The maximum Gasteiger partial charge on any atom is 0.243 e. The van der Waals surface area contributed by atoms with Gasteiger partial charge in [0.2, 0.25) is 11.9 Å². The van der Waals surface area contributed by atoms with E-state index in [1.54, 1.807) is 35.9 Å². The molecule has 238 valence electrons. The summed E-state index contributed by atoms with van der Waals surface area (Å²) in [5.41, 5.74) is 4.46. The first kappa shape index (κ1) is 33.5. The summed E-state index contributed by atoms with van der Waals surface area (Å²) >= 11 is 0. The Morgan fingerprint density at radius 1 is 1.13 bits per heavy atom. The molecule has 11 nitrogen and oxygen atoms in total. The van der Waals surface area contributed by atoms with Crippen LogP contribution in [0, 0.1) is 17.1 Å². The fourth-order valence-corrected chi connectivity index (χ4v) is 5.67. The first-order valence-electron chi connectivity index (χ1n) is 14.8. The highest BCUT2D eigenvalue weighted by molar-refractivity contribution is 5.91. The Balaban J connectivity index is 0.00000461. The number of methoxy groups -OCH3 is 1. The van der Waals surface area contributed by atoms with Gasteiger partial charge < -0.3 is 20.1 Å². The highest BCUT2D eigenvalue weighted by Gasteiger charge is 2.26. The van der Waals surface area contributed by atoms with E-state index in [4.69, 9.17) is 14.9 Å². The molecule has 5 rings (SSSR count). The zero-order chi connectivity index (χ0) is 31.1. The van der Waals surface area contributed by atoms with E-state index in [-0.39, 0.29) is 29.6 Å². The maximum absolute atomic E-state index is 14.9. The molecule has 2 aromatic carbocycles. The topological polar surface area (TPSA) is 148 Å². The average molecular weight is 638 g/mol. The lowest BCUT2D eigenvalue weighted by Gasteiger charge is -2.34. The minimum atomic E-state index is -0.636. The highest BCUT2D eigenvalue weighted by Crippen LogP contribution is 2.40. The lowest BCUT2D eigenvalue weighted by molar-refractivity contribution is -0.129. The fraction of sp³-hybridized carbons (Fsp3) is 0.375. The van der Waals surface area contributed by atoms with E-state index in [2.05, 4.69) is 15.2 Å². The predicted octanol–water partition coefficient (Wildman–Crippen LogP) is 5.22. The molecular weight excluding hydrogens is 601 g/mol. The number of nitrogens with zero attached hydrogens (tertiary/aromatic N) is 5. The molecule has 0 atom stereocenters. The summed E-state index contributed by atoms with van der Waals surface area (Å²) in [6.45, 7) is 2.43. The SMILES string of the molecule is COc1ccc(-c2c(-c3ccc(C#N)c(F)c3)nc(N3CCC(NCCCCCCC(=O)NO)CC3)n3ccnc23)cc1O.Cl. The molecule has 0 bridgehead atoms. The minimum absolute atomic E-state index is 0. The fourth-order valence-electron chi connectivity index (χ4n) is 5.67. The second-order valence-electron chi connectivity index (χ2n) is 10.9. The first-order chi connectivity index (χ1) is 21.4. The van der Waals surface area contributed by atoms with Gasteiger partial charge in [-0.15, -0.1) is 12.4 Å². The Labute approximate surface area is 267 Å². The normalized spacial score (nSPS) is 13.3. The molecule has 3 heterocycles. The summed E-state index contributed by atoms with van der Waals surface area (Å²) in [5.74, 6) is -0.0124. The van der Waals surface area contributed by atoms with Gasteiger partial charge in [-0.25, -0.2) is 19.8 Å². The third-order valence-electron chi connectivity index (χ3n) is 8.03. The number of ether oxygens (including phenoxy) is 1. The lowest BCUT2D eigenvalue weighted by atomic mass is 9.98. The van der Waals surface area contributed by atoms with Crippen molar-refractivity contribution in [3.8, 4) is 40.0 Å². The highest BCUT2D eigenvalue weighted by atomic mass is 35.5. The Kier molecular flexibility index (Phi) is 11.5. The van der Waals surface area contributed by atoms with Crippen LogP contribution in [0.1, 0.15) is 50.5 Å². The number of phenolic OH excluding ortho intramolecular Hbond substituents is 1. The summed E-state index contributed by atoms with van der Waals surface area (Å²) < 4.78 is 22.0. The van der Waals surface area contributed by atoms with Gasteiger partial charge in [-0.2, -0.15) is 5.26 Å². The van der Waals surface area contributed by atoms with Gasteiger partial charge in [0.05, 0.1) is 23.9 Å². The number of fused-ring (bicyclic) bond motifs is 1. The van der Waals surface area contributed by atoms with Crippen LogP contribution < -0.4 is 20.4 Å². The zero-order valence-electron chi connectivity index (χ0n) is 25.0. The van der Waals surface area contributed by atoms with Crippen molar-refractivity contribution in [2.24, 2.45) is 0 Å². The number of anilines is 1. The number of hydroxylamine groups is 1. The molecule has 0 radical (unpaired) electrons. The van der Waals surface area contributed by atoms with E-state index in [9.17, 15) is 19.6 Å². The van der Waals surface area contributed by atoms with Crippen LogP contribution in [0.4, 0.5) is 10.3 Å². The number of imidazole rings is 1. The van der Waals surface area contributed by atoms with Crippen molar-refractivity contribution in [1.82, 2.24) is 25.2 Å². The van der Waals surface area contributed by atoms with Crippen LogP contribution >= 0.6 is 12.4 Å². The first-order valence-corrected chi connectivity index (χ1v) is 14.8. The van der Waals surface area contributed by atoms with E-state index in [1.165, 1.54) is 19.2 Å². The molecule has 1 amide bonds. The van der Waals surface area contributed by atoms with Gasteiger partial charge in [-0.05, 0) is 62.1 Å². The molecule has 4 N–H and O–H groups in total. The molecule has 0 spiro atoms. The van der Waals surface area contributed by atoms with Crippen molar-refractivity contribution in [2.75, 3.05) is 31.6 Å². The van der Waals surface area contributed by atoms with Crippen molar-refractivity contribution >= 4 is 29.9 Å². The standard InChI is InChI=1S/C32H36FN7O4.ClH/c1-44-27-10-9-21(19-26(27)41)29-30(22-7-8-23(20-34)25(33)18-22)37-32(40-17-14-36-31(29)40)39-15-11-24(12-16-39)35-13-5-3-2-4-6-28(42)38-43;/h7-10,14,17-19,24,35,41,43H,2-6,11-13,15-16H2,1H3,(H,38,42);1H. The van der Waals surface area contributed by atoms with Crippen molar-refractivity contribution in [3.63, 3.8) is 0 Å². The molecule has 1 aliphatic heterocycles. The monoisotopic (exact) mass is 637 g/mol. The van der Waals surface area contributed by atoms with Gasteiger partial charge in [-0.1, -0.05) is 25.0 Å². The van der Waals surface area contributed by atoms with Crippen LogP contribution in [0.5, 0.6) is 11.5 Å². The van der Waals surface area contributed by atoms with Crippen LogP contribution in [0.2, 0.25) is 0 Å². The number of phenols is 1. The number of amides is 1. The summed E-state index contributed by atoms with van der Waals surface area (Å²) in [6.07, 6.45) is 9.46. The van der Waals surface area contributed by atoms with Gasteiger partial charge in [-0.3, -0.25) is 14.4 Å². The van der Waals surface area contributed by atoms with Crippen LogP contribution in [0.3, 0.4) is 0 Å². The number of rotatable bonds is 12. The number of carbonyl (C=O) groups excluding carboxylic acids is 1. The second kappa shape index (κ2) is 15.5. The smallest absolute Gasteiger partial charge is 0.243 e. The molecule has 13 heteroatoms. The average Bonchev–Trinajstić information content (AvgIpc) is 3.53. The van der Waals surface area contributed by atoms with Gasteiger partial charge in [0, 0.05) is 43.5 Å². The number of nitrogens with one attached hydrogen (secondary N) is 2. The third-order valence-corrected chi connectivity index (χ3v) is 8.03. The quantitative estimate of drug-likeness (QED) is 0.0931. The number of hydrogen-bond donors (Lipinski definition) is 4. The molecule has 4 aromatic rings. The van der Waals surface area contributed by atoms with E-state index in [1.807, 2.05) is 16.7 Å². The maximum atomic E-state index is 14.9. The van der Waals surface area contributed by atoms with Crippen molar-refractivity contribution in [2.45, 2.75) is 51.0 Å². The Morgan fingerprint density at radius 3 is 2.58 bits per heavy atom. The summed E-state index contributed by atoms with van der Waals surface area (Å²) in [5, 5.41) is 32.1. The summed E-state index contributed by atoms with van der Waals surface area (Å²) in [4.78, 5) is 23.1. The van der Waals surface area contributed by atoms with E-state index in [0.717, 1.165) is 58.2 Å². The van der Waals surface area contributed by atoms with E-state index in [0.29, 0.717) is 52.2 Å². The largest absolute Gasteiger partial charge is 0.504 e. The van der Waals surface area contributed by atoms with Crippen molar-refractivity contribution in [1.29, 1.82) is 5.26 Å². The van der Waals surface area contributed by atoms with Crippen LogP contribution in [0.15, 0.2) is 48.8 Å². The number of unbranched alkanes of at least 4 members (excludes halogenated alkanes) is 3. The lowest BCUT2D eigenvalue weighted by Crippen LogP contribution is -2.43.